The zero-order valence-electron chi connectivity index (χ0n) is 18.9. The van der Waals surface area contributed by atoms with E-state index >= 15 is 0 Å². The Morgan fingerprint density at radius 1 is 0.706 bits per heavy atom. The first-order valence-corrected chi connectivity index (χ1v) is 12.2. The fraction of sp³-hybridized carbons (Fsp3) is 0.0741. The number of rotatable bonds is 3. The number of para-hydroxylation sites is 3. The lowest BCUT2D eigenvalue weighted by atomic mass is 9.95. The van der Waals surface area contributed by atoms with Crippen LogP contribution >= 0.6 is 7.82 Å². The summed E-state index contributed by atoms with van der Waals surface area (Å²) in [5, 5.41) is 2.51. The topological polar surface area (TPSA) is 87.7 Å². The second kappa shape index (κ2) is 9.75. The maximum atomic E-state index is 8.77. The molecule has 0 spiro atoms. The summed E-state index contributed by atoms with van der Waals surface area (Å²) in [6.45, 7) is 0. The van der Waals surface area contributed by atoms with Crippen LogP contribution in [0.15, 0.2) is 103 Å². The van der Waals surface area contributed by atoms with Crippen molar-refractivity contribution in [3.8, 4) is 16.8 Å². The highest BCUT2D eigenvalue weighted by molar-refractivity contribution is 7.43. The maximum absolute atomic E-state index is 8.77. The van der Waals surface area contributed by atoms with Gasteiger partial charge >= 0.3 is 0 Å². The number of anilines is 1. The predicted octanol–water partition coefficient (Wildman–Crippen LogP) is 4.44. The molecule has 0 atom stereocenters. The van der Waals surface area contributed by atoms with E-state index in [4.69, 9.17) is 19.2 Å². The largest absolute Gasteiger partial charge is 0.756 e. The number of aromatic nitrogens is 1. The van der Waals surface area contributed by atoms with E-state index in [0.717, 1.165) is 0 Å². The minimum atomic E-state index is -4.89. The number of nitrogens with zero attached hydrogens (tertiary/aromatic N) is 2. The second-order valence-corrected chi connectivity index (χ2v) is 8.99. The molecule has 5 rings (SSSR count). The minimum Gasteiger partial charge on any atom is -0.756 e. The Bertz CT molecular complexity index is 1410. The molecule has 4 aromatic carbocycles. The molecule has 0 aliphatic carbocycles. The van der Waals surface area contributed by atoms with E-state index in [9.17, 15) is 0 Å². The Kier molecular flexibility index (Phi) is 6.77. The summed E-state index contributed by atoms with van der Waals surface area (Å²) in [5.41, 5.74) is 7.33. The van der Waals surface area contributed by atoms with Crippen molar-refractivity contribution in [2.75, 3.05) is 19.0 Å². The van der Waals surface area contributed by atoms with Gasteiger partial charge in [0, 0.05) is 49.6 Å². The Balaban J connectivity index is 0.000000499. The lowest BCUT2D eigenvalue weighted by Gasteiger charge is -2.15. The van der Waals surface area contributed by atoms with Gasteiger partial charge in [-0.3, -0.25) is 4.57 Å². The van der Waals surface area contributed by atoms with Crippen LogP contribution in [0, 0.1) is 0 Å². The van der Waals surface area contributed by atoms with Gasteiger partial charge in [0.15, 0.2) is 0 Å². The SMILES string of the molecule is CN(C)c1ccc(-c2c3ccccc3[n+](-c3ccccc3)c3ccccc23)cc1.O=P([O-])(O)O. The summed E-state index contributed by atoms with van der Waals surface area (Å²) in [7, 11) is -0.740. The van der Waals surface area contributed by atoms with Crippen molar-refractivity contribution in [3.63, 3.8) is 0 Å². The van der Waals surface area contributed by atoms with E-state index in [1.165, 1.54) is 44.3 Å². The van der Waals surface area contributed by atoms with Gasteiger partial charge < -0.3 is 19.6 Å². The second-order valence-electron chi connectivity index (χ2n) is 8.01. The van der Waals surface area contributed by atoms with Crippen molar-refractivity contribution >= 4 is 35.3 Å². The Morgan fingerprint density at radius 2 is 1.15 bits per heavy atom. The van der Waals surface area contributed by atoms with Crippen LogP contribution in [-0.4, -0.2) is 23.9 Å². The van der Waals surface area contributed by atoms with Crippen LogP contribution in [0.25, 0.3) is 38.6 Å². The van der Waals surface area contributed by atoms with Gasteiger partial charge in [-0.05, 0) is 29.8 Å². The van der Waals surface area contributed by atoms with Gasteiger partial charge in [-0.15, -0.1) is 0 Å². The van der Waals surface area contributed by atoms with Crippen molar-refractivity contribution in [2.24, 2.45) is 0 Å². The lowest BCUT2D eigenvalue weighted by Crippen LogP contribution is -2.32. The molecule has 0 unspecified atom stereocenters. The summed E-state index contributed by atoms with van der Waals surface area (Å²) >= 11 is 0. The molecule has 0 aliphatic heterocycles. The Hall–Kier alpha value is -3.54. The summed E-state index contributed by atoms with van der Waals surface area (Å²) in [4.78, 5) is 25.1. The quantitative estimate of drug-likeness (QED) is 0.230. The first-order chi connectivity index (χ1) is 16.2. The molecular formula is C27H25N2O4P. The summed E-state index contributed by atoms with van der Waals surface area (Å²) in [6.07, 6.45) is 0. The zero-order chi connectivity index (χ0) is 24.3. The van der Waals surface area contributed by atoms with Gasteiger partial charge in [0.25, 0.3) is 7.82 Å². The molecule has 0 radical (unpaired) electrons. The van der Waals surface area contributed by atoms with Crippen LogP contribution in [0.5, 0.6) is 0 Å². The molecule has 6 nitrogen and oxygen atoms in total. The summed E-state index contributed by atoms with van der Waals surface area (Å²) in [5.74, 6) is 0. The zero-order valence-corrected chi connectivity index (χ0v) is 19.8. The van der Waals surface area contributed by atoms with Crippen molar-refractivity contribution in [1.29, 1.82) is 0 Å². The van der Waals surface area contributed by atoms with E-state index < -0.39 is 7.82 Å². The molecule has 5 aromatic rings. The van der Waals surface area contributed by atoms with Gasteiger partial charge in [-0.2, -0.15) is 4.57 Å². The van der Waals surface area contributed by atoms with Crippen LogP contribution in [0.1, 0.15) is 0 Å². The van der Waals surface area contributed by atoms with Crippen LogP contribution in [-0.2, 0) is 4.57 Å². The number of hydrogen-bond donors (Lipinski definition) is 2. The first kappa shape index (κ1) is 23.6. The fourth-order valence-corrected chi connectivity index (χ4v) is 4.13. The van der Waals surface area contributed by atoms with Crippen LogP contribution < -0.4 is 14.4 Å². The van der Waals surface area contributed by atoms with Crippen molar-refractivity contribution in [3.05, 3.63) is 103 Å². The fourth-order valence-electron chi connectivity index (χ4n) is 4.13. The average Bonchev–Trinajstić information content (AvgIpc) is 2.82. The molecule has 0 bridgehead atoms. The molecule has 0 aliphatic rings. The van der Waals surface area contributed by atoms with Gasteiger partial charge in [0.2, 0.25) is 16.7 Å². The van der Waals surface area contributed by atoms with Crippen molar-refractivity contribution in [2.45, 2.75) is 0 Å². The molecule has 0 saturated carbocycles. The predicted molar refractivity (Wildman–Crippen MR) is 135 cm³/mol. The molecule has 34 heavy (non-hydrogen) atoms. The van der Waals surface area contributed by atoms with Gasteiger partial charge in [-0.1, -0.05) is 54.6 Å². The highest BCUT2D eigenvalue weighted by Gasteiger charge is 2.22. The number of hydrogen-bond acceptors (Lipinski definition) is 3. The maximum Gasteiger partial charge on any atom is 0.262 e. The summed E-state index contributed by atoms with van der Waals surface area (Å²) < 4.78 is 11.1. The van der Waals surface area contributed by atoms with Crippen LogP contribution in [0.3, 0.4) is 0 Å². The van der Waals surface area contributed by atoms with Gasteiger partial charge in [0.1, 0.15) is 0 Å². The highest BCUT2D eigenvalue weighted by Crippen LogP contribution is 2.35. The third-order valence-corrected chi connectivity index (χ3v) is 5.52. The van der Waals surface area contributed by atoms with Gasteiger partial charge in [-0.25, -0.2) is 0 Å². The van der Waals surface area contributed by atoms with Crippen LogP contribution in [0.4, 0.5) is 5.69 Å². The Labute approximate surface area is 198 Å². The normalized spacial score (nSPS) is 11.2. The monoisotopic (exact) mass is 472 g/mol. The number of benzene rings is 4. The molecular weight excluding hydrogens is 447 g/mol. The number of phosphoric acid groups is 1. The van der Waals surface area contributed by atoms with E-state index in [1.54, 1.807) is 0 Å². The van der Waals surface area contributed by atoms with Crippen LogP contribution in [0.2, 0.25) is 0 Å². The summed E-state index contributed by atoms with van der Waals surface area (Å²) in [6, 6.07) is 36.8. The van der Waals surface area contributed by atoms with Gasteiger partial charge in [0.05, 0.1) is 10.8 Å². The van der Waals surface area contributed by atoms with E-state index in [1.807, 2.05) is 0 Å². The third-order valence-electron chi connectivity index (χ3n) is 5.52. The third kappa shape index (κ3) is 5.16. The molecule has 7 heteroatoms. The smallest absolute Gasteiger partial charge is 0.262 e. The van der Waals surface area contributed by atoms with Crippen molar-refractivity contribution < 1.29 is 23.8 Å². The minimum absolute atomic E-state index is 1.18. The standard InChI is InChI=1S/C27H23N2.H3O4P/c1-28(2)21-18-16-20(17-19-21)27-23-12-6-8-14-25(23)29(22-10-4-3-5-11-22)26-15-9-7-13-24(26)27;1-5(2,3)4/h3-19H,1-2H3;(H3,1,2,3,4)/q+1;/p-1. The highest BCUT2D eigenvalue weighted by atomic mass is 31.2. The number of fused-ring (bicyclic) bond motifs is 2. The molecule has 0 fully saturated rings. The lowest BCUT2D eigenvalue weighted by molar-refractivity contribution is -0.537. The number of pyridine rings is 1. The van der Waals surface area contributed by atoms with E-state index in [2.05, 4.69) is 127 Å². The Morgan fingerprint density at radius 3 is 1.62 bits per heavy atom. The average molecular weight is 472 g/mol. The van der Waals surface area contributed by atoms with E-state index in [-0.39, 0.29) is 0 Å². The van der Waals surface area contributed by atoms with E-state index in [0.29, 0.717) is 0 Å². The molecule has 172 valence electrons. The van der Waals surface area contributed by atoms with Crippen molar-refractivity contribution in [1.82, 2.24) is 0 Å². The first-order valence-electron chi connectivity index (χ1n) is 10.7. The molecule has 2 N–H and O–H groups in total. The molecule has 1 aromatic heterocycles. The molecule has 0 saturated heterocycles. The molecule has 1 heterocycles. The molecule has 0 amide bonds.